The molecule has 46 heavy (non-hydrogen) atoms. The van der Waals surface area contributed by atoms with Crippen LogP contribution in [0.3, 0.4) is 0 Å². The molecular weight excluding hydrogens is 707 g/mol. The van der Waals surface area contributed by atoms with E-state index in [4.69, 9.17) is 0 Å². The molecule has 2 unspecified atom stereocenters. The summed E-state index contributed by atoms with van der Waals surface area (Å²) in [6.45, 7) is 31.5. The Morgan fingerprint density at radius 2 is 1.09 bits per heavy atom. The number of rotatable bonds is 9. The van der Waals surface area contributed by atoms with Crippen LogP contribution in [0, 0.1) is 13.8 Å². The fourth-order valence-electron chi connectivity index (χ4n) is 7.09. The Balaban J connectivity index is 0.00000353. The van der Waals surface area contributed by atoms with Gasteiger partial charge < -0.3 is 37.2 Å². The summed E-state index contributed by atoms with van der Waals surface area (Å²) in [4.78, 5) is 0. The molecule has 7 heteroatoms. The molecule has 0 saturated carbocycles. The average Bonchev–Trinajstić information content (AvgIpc) is 3.09. The van der Waals surface area contributed by atoms with Crippen LogP contribution in [-0.2, 0) is 33.3 Å². The van der Waals surface area contributed by atoms with Crippen molar-refractivity contribution in [1.29, 1.82) is 0 Å². The summed E-state index contributed by atoms with van der Waals surface area (Å²) in [6, 6.07) is 22.8. The smallest absolute Gasteiger partial charge is 1.00 e. The molecular formula is C39H55Cl3Si3Ti. The van der Waals surface area contributed by atoms with E-state index in [9.17, 15) is 0 Å². The van der Waals surface area contributed by atoms with Crippen molar-refractivity contribution in [3.05, 3.63) is 105 Å². The van der Waals surface area contributed by atoms with Crippen LogP contribution in [0.4, 0.5) is 0 Å². The molecule has 3 aromatic rings. The van der Waals surface area contributed by atoms with Crippen LogP contribution >= 0.6 is 0 Å². The molecule has 0 aromatic heterocycles. The average molecular weight is 762 g/mol. The van der Waals surface area contributed by atoms with Crippen LogP contribution in [0.25, 0.3) is 5.57 Å². The third-order valence-electron chi connectivity index (χ3n) is 9.98. The number of hydrogen-bond donors (Lipinski definition) is 0. The summed E-state index contributed by atoms with van der Waals surface area (Å²) in [5, 5.41) is 4.95. The summed E-state index contributed by atoms with van der Waals surface area (Å²) in [5.74, 6) is 0. The molecule has 1 aliphatic carbocycles. The van der Waals surface area contributed by atoms with Crippen molar-refractivity contribution >= 4 is 46.8 Å². The van der Waals surface area contributed by atoms with Crippen LogP contribution in [0.5, 0.6) is 0 Å². The van der Waals surface area contributed by atoms with Gasteiger partial charge >= 0.3 is 282 Å². The van der Waals surface area contributed by atoms with Gasteiger partial charge in [0.05, 0.1) is 0 Å². The minimum atomic E-state index is -1.47. The zero-order valence-electron chi connectivity index (χ0n) is 30.5. The van der Waals surface area contributed by atoms with Gasteiger partial charge in [0, 0.05) is 0 Å². The Bertz CT molecular complexity index is 1540. The van der Waals surface area contributed by atoms with Crippen molar-refractivity contribution in [1.82, 2.24) is 0 Å². The minimum Gasteiger partial charge on any atom is -1.00 e. The van der Waals surface area contributed by atoms with Crippen LogP contribution in [0.15, 0.2) is 71.3 Å². The Hall–Kier alpha value is -0.625. The Morgan fingerprint density at radius 1 is 0.630 bits per heavy atom. The topological polar surface area (TPSA) is 0 Å². The first-order valence-corrected chi connectivity index (χ1v) is 25.7. The fraction of sp³-hybridized carbons (Fsp3) is 0.436. The molecule has 0 spiro atoms. The molecule has 2 atom stereocenters. The van der Waals surface area contributed by atoms with Gasteiger partial charge in [0.25, 0.3) is 0 Å². The summed E-state index contributed by atoms with van der Waals surface area (Å²) >= 11 is 2.61. The standard InChI is InChI=1S/C39H55Si3.3ClH.Ti/c1-14-30-19-31(15-2)21-32(20-30)37-28(6)27(5)29(7)38(37)39(33-17-25(3)16-26(4)18-33)40-34-22-35(41(8,9)10)24-36(23-34)42(11,12)13;;;;/h16-24,39H,14-15,40H2,1-13H3;3*1H;/q;;;;+3/p-3. The van der Waals surface area contributed by atoms with E-state index in [-0.39, 0.29) is 40.9 Å². The maximum Gasteiger partial charge on any atom is -1.00 e. The van der Waals surface area contributed by atoms with E-state index in [1.54, 1.807) is 32.3 Å². The summed E-state index contributed by atoms with van der Waals surface area (Å²) in [5.41, 5.74) is 15.3. The molecule has 0 N–H and O–H groups in total. The van der Waals surface area contributed by atoms with Crippen molar-refractivity contribution in [2.24, 2.45) is 0 Å². The van der Waals surface area contributed by atoms with Crippen molar-refractivity contribution < 1.29 is 57.7 Å². The molecule has 0 heterocycles. The Labute approximate surface area is 316 Å². The van der Waals surface area contributed by atoms with Crippen molar-refractivity contribution in [3.8, 4) is 0 Å². The van der Waals surface area contributed by atoms with Gasteiger partial charge in [-0.1, -0.05) is 0 Å². The van der Waals surface area contributed by atoms with Gasteiger partial charge in [-0.25, -0.2) is 0 Å². The van der Waals surface area contributed by atoms with E-state index in [0.717, 1.165) is 12.8 Å². The van der Waals surface area contributed by atoms with Crippen LogP contribution in [0.2, 0.25) is 43.0 Å². The maximum atomic E-state index is 2.66. The molecule has 0 nitrogen and oxygen atoms in total. The van der Waals surface area contributed by atoms with Crippen LogP contribution in [-0.4, -0.2) is 25.7 Å². The SMILES string of the molecule is CCc1cc(CC)cc(C2=C(C)C(C)=C(C)[C]2([Ti+3])C([SiH2]c2cc([Si](C)(C)C)cc([Si](C)(C)C)c2)c2cc(C)cc(C)c2)c1.[Cl-].[Cl-].[Cl-]. The third-order valence-corrected chi connectivity index (χ3v) is 18.5. The monoisotopic (exact) mass is 760 g/mol. The zero-order chi connectivity index (χ0) is 32.1. The zero-order valence-corrected chi connectivity index (χ0v) is 37.8. The van der Waals surface area contributed by atoms with E-state index >= 15 is 0 Å². The first kappa shape index (κ1) is 43.4. The molecule has 0 amide bonds. The van der Waals surface area contributed by atoms with E-state index in [0.29, 0.717) is 5.54 Å². The molecule has 3 aromatic carbocycles. The number of aryl methyl sites for hydroxylation is 4. The van der Waals surface area contributed by atoms with Crippen molar-refractivity contribution in [2.75, 3.05) is 0 Å². The fourth-order valence-corrected chi connectivity index (χ4v) is 14.0. The Kier molecular flexibility index (Phi) is 15.5. The van der Waals surface area contributed by atoms with Crippen LogP contribution < -0.4 is 52.8 Å². The van der Waals surface area contributed by atoms with E-state index in [1.165, 1.54) is 39.0 Å². The second kappa shape index (κ2) is 16.4. The number of hydrogen-bond acceptors (Lipinski definition) is 0. The van der Waals surface area contributed by atoms with Gasteiger partial charge in [-0.05, 0) is 0 Å². The maximum absolute atomic E-state index is 2.66. The second-order valence-corrected chi connectivity index (χ2v) is 28.8. The van der Waals surface area contributed by atoms with Gasteiger partial charge in [0.2, 0.25) is 0 Å². The first-order valence-electron chi connectivity index (χ1n) is 16.4. The predicted octanol–water partition coefficient (Wildman–Crippen LogP) is -0.405. The van der Waals surface area contributed by atoms with E-state index in [2.05, 4.69) is 163 Å². The number of halogens is 3. The predicted molar refractivity (Wildman–Crippen MR) is 198 cm³/mol. The summed E-state index contributed by atoms with van der Waals surface area (Å²) in [7, 11) is -3.68. The van der Waals surface area contributed by atoms with E-state index < -0.39 is 25.7 Å². The summed E-state index contributed by atoms with van der Waals surface area (Å²) < 4.78 is -0.0491. The van der Waals surface area contributed by atoms with Crippen LogP contribution in [0.1, 0.15) is 73.5 Å². The Morgan fingerprint density at radius 3 is 1.50 bits per heavy atom. The number of allylic oxidation sites excluding steroid dienone is 4. The largest absolute Gasteiger partial charge is 1.00 e. The minimum absolute atomic E-state index is 0. The molecule has 0 fully saturated rings. The van der Waals surface area contributed by atoms with Crippen molar-refractivity contribution in [2.45, 2.75) is 110 Å². The van der Waals surface area contributed by atoms with Gasteiger partial charge in [-0.2, -0.15) is 0 Å². The first-order chi connectivity index (χ1) is 19.9. The third kappa shape index (κ3) is 8.93. The van der Waals surface area contributed by atoms with Gasteiger partial charge in [0.15, 0.2) is 0 Å². The second-order valence-electron chi connectivity index (χ2n) is 15.4. The molecule has 0 aliphatic heterocycles. The van der Waals surface area contributed by atoms with E-state index in [1.807, 2.05) is 0 Å². The van der Waals surface area contributed by atoms with Gasteiger partial charge in [0.1, 0.15) is 0 Å². The van der Waals surface area contributed by atoms with Gasteiger partial charge in [-0.3, -0.25) is 0 Å². The molecule has 0 saturated heterocycles. The molecule has 1 aliphatic rings. The molecule has 0 bridgehead atoms. The summed E-state index contributed by atoms with van der Waals surface area (Å²) in [6.07, 6.45) is 2.15. The molecule has 0 radical (unpaired) electrons. The van der Waals surface area contributed by atoms with Gasteiger partial charge in [-0.15, -0.1) is 0 Å². The quantitative estimate of drug-likeness (QED) is 0.261. The normalized spacial score (nSPS) is 17.6. The number of benzene rings is 3. The van der Waals surface area contributed by atoms with Crippen molar-refractivity contribution in [3.63, 3.8) is 0 Å². The molecule has 4 rings (SSSR count). The molecule has 248 valence electrons.